The quantitative estimate of drug-likeness (QED) is 0.396. The Morgan fingerprint density at radius 1 is 0.889 bits per heavy atom. The van der Waals surface area contributed by atoms with Gasteiger partial charge in [-0.05, 0) is 72.5 Å². The van der Waals surface area contributed by atoms with Crippen molar-refractivity contribution in [2.45, 2.75) is 116 Å². The molecule has 0 aromatic rings. The van der Waals surface area contributed by atoms with E-state index in [0.717, 1.165) is 19.3 Å². The molecule has 5 unspecified atom stereocenters. The molecular formula is C29H48O7. The van der Waals surface area contributed by atoms with E-state index in [0.29, 0.717) is 37.5 Å². The minimum absolute atomic E-state index is 0.0113. The van der Waals surface area contributed by atoms with Crippen molar-refractivity contribution in [3.8, 4) is 0 Å². The predicted octanol–water partition coefficient (Wildman–Crippen LogP) is 2.50. The van der Waals surface area contributed by atoms with E-state index in [4.69, 9.17) is 4.74 Å². The summed E-state index contributed by atoms with van der Waals surface area (Å²) in [5.74, 6) is -0.0824. The summed E-state index contributed by atoms with van der Waals surface area (Å²) in [5.41, 5.74) is -0.748. The highest BCUT2D eigenvalue weighted by molar-refractivity contribution is 5.85. The zero-order valence-corrected chi connectivity index (χ0v) is 22.6. The second-order valence-electron chi connectivity index (χ2n) is 14.1. The molecular weight excluding hydrogens is 460 g/mol. The van der Waals surface area contributed by atoms with Gasteiger partial charge in [0, 0.05) is 30.6 Å². The average molecular weight is 509 g/mol. The number of aliphatic hydroxyl groups excluding tert-OH is 5. The number of carbonyl (C=O) groups excluding carboxylic acids is 1. The zero-order valence-electron chi connectivity index (χ0n) is 22.6. The molecule has 5 aliphatic rings. The Morgan fingerprint density at radius 2 is 1.56 bits per heavy atom. The van der Waals surface area contributed by atoms with Crippen molar-refractivity contribution < 1.29 is 35.1 Å². The summed E-state index contributed by atoms with van der Waals surface area (Å²) in [5, 5.41) is 54.3. The van der Waals surface area contributed by atoms with Crippen molar-refractivity contribution in [1.29, 1.82) is 0 Å². The predicted molar refractivity (Wildman–Crippen MR) is 133 cm³/mol. The molecule has 7 nitrogen and oxygen atoms in total. The molecule has 5 fully saturated rings. The molecule has 0 aromatic carbocycles. The van der Waals surface area contributed by atoms with Gasteiger partial charge < -0.3 is 30.3 Å². The maximum absolute atomic E-state index is 13.8. The second-order valence-corrected chi connectivity index (χ2v) is 14.1. The molecule has 0 amide bonds. The highest BCUT2D eigenvalue weighted by Crippen LogP contribution is 2.67. The molecule has 5 N–H and O–H groups in total. The van der Waals surface area contributed by atoms with E-state index in [2.05, 4.69) is 34.6 Å². The van der Waals surface area contributed by atoms with Crippen molar-refractivity contribution in [2.24, 2.45) is 58.2 Å². The van der Waals surface area contributed by atoms with Gasteiger partial charge in [-0.3, -0.25) is 4.79 Å². The van der Waals surface area contributed by atoms with Gasteiger partial charge >= 0.3 is 0 Å². The fourth-order valence-electron chi connectivity index (χ4n) is 10.1. The first-order valence-electron chi connectivity index (χ1n) is 14.4. The number of ether oxygens (including phenoxy) is 1. The van der Waals surface area contributed by atoms with E-state index < -0.39 is 42.0 Å². The average Bonchev–Trinajstić information content (AvgIpc) is 3.09. The molecule has 0 aromatic heterocycles. The Kier molecular flexibility index (Phi) is 6.96. The molecule has 7 heteroatoms. The minimum Gasteiger partial charge on any atom is -0.390 e. The molecule has 36 heavy (non-hydrogen) atoms. The summed E-state index contributed by atoms with van der Waals surface area (Å²) in [7, 11) is 0. The lowest BCUT2D eigenvalue weighted by atomic mass is 9.42. The van der Waals surface area contributed by atoms with Crippen LogP contribution < -0.4 is 0 Å². The molecule has 1 saturated heterocycles. The van der Waals surface area contributed by atoms with Crippen LogP contribution in [-0.4, -0.2) is 68.1 Å². The smallest absolute Gasteiger partial charge is 0.155 e. The Balaban J connectivity index is 1.44. The van der Waals surface area contributed by atoms with Crippen molar-refractivity contribution >= 4 is 5.78 Å². The summed E-state index contributed by atoms with van der Waals surface area (Å²) in [4.78, 5) is 13.8. The van der Waals surface area contributed by atoms with Crippen LogP contribution in [0.3, 0.4) is 0 Å². The Labute approximate surface area is 215 Å². The van der Waals surface area contributed by atoms with E-state index >= 15 is 0 Å². The molecule has 4 saturated carbocycles. The van der Waals surface area contributed by atoms with Gasteiger partial charge in [-0.2, -0.15) is 0 Å². The SMILES string of the molecule is CC(C)[C@H]1CC(O)OC([C@@H](C)C2CC(=O)[C@@H]3[C@H]4C(CC[C@]23C)[C@@]2(C)CCC(O)[C@H](O)[C@@H]2[C@@H](O)[C@@H]4O)C1. The lowest BCUT2D eigenvalue weighted by Crippen LogP contribution is -2.68. The third kappa shape index (κ3) is 3.86. The molecule has 0 radical (unpaired) electrons. The molecule has 4 aliphatic carbocycles. The maximum atomic E-state index is 13.8. The molecule has 0 bridgehead atoms. The van der Waals surface area contributed by atoms with Gasteiger partial charge in [0.25, 0.3) is 0 Å². The van der Waals surface area contributed by atoms with E-state index in [-0.39, 0.29) is 46.9 Å². The van der Waals surface area contributed by atoms with E-state index in [9.17, 15) is 30.3 Å². The Hall–Kier alpha value is -0.570. The van der Waals surface area contributed by atoms with Gasteiger partial charge in [-0.15, -0.1) is 0 Å². The first-order valence-corrected chi connectivity index (χ1v) is 14.4. The minimum atomic E-state index is -1.17. The zero-order chi connectivity index (χ0) is 26.3. The van der Waals surface area contributed by atoms with Gasteiger partial charge in [-0.1, -0.05) is 34.6 Å². The number of aliphatic hydroxyl groups is 5. The van der Waals surface area contributed by atoms with Crippen molar-refractivity contribution in [1.82, 2.24) is 0 Å². The largest absolute Gasteiger partial charge is 0.390 e. The summed E-state index contributed by atoms with van der Waals surface area (Å²) in [6.07, 6.45) is -0.315. The Morgan fingerprint density at radius 3 is 2.22 bits per heavy atom. The van der Waals surface area contributed by atoms with Crippen LogP contribution in [0.5, 0.6) is 0 Å². The van der Waals surface area contributed by atoms with Crippen LogP contribution in [0.2, 0.25) is 0 Å². The standard InChI is InChI=1S/C29H48O7/c1-13(2)15-10-20(36-21(32)11-15)14(3)17-12-19(31)23-22-16(6-8-29(17,23)5)28(4)9-7-18(30)25(33)24(28)27(35)26(22)34/h13-18,20-27,30,32-35H,6-12H2,1-5H3/t14-,15+,16?,17?,18?,20?,21?,22+,23+,24+,25-,26+,27+,28+,29+/m0/s1. The number of hydrogen-bond acceptors (Lipinski definition) is 7. The molecule has 1 aliphatic heterocycles. The number of carbonyl (C=O) groups is 1. The van der Waals surface area contributed by atoms with E-state index in [1.807, 2.05) is 0 Å². The van der Waals surface area contributed by atoms with Gasteiger partial charge in [0.1, 0.15) is 5.78 Å². The van der Waals surface area contributed by atoms with E-state index in [1.165, 1.54) is 0 Å². The number of fused-ring (bicyclic) bond motifs is 5. The first kappa shape index (κ1) is 27.0. The normalized spacial score (nSPS) is 56.1. The van der Waals surface area contributed by atoms with Crippen LogP contribution in [0, 0.1) is 58.2 Å². The van der Waals surface area contributed by atoms with Crippen molar-refractivity contribution in [3.05, 3.63) is 0 Å². The van der Waals surface area contributed by atoms with Gasteiger partial charge in [-0.25, -0.2) is 0 Å². The van der Waals surface area contributed by atoms with Crippen LogP contribution >= 0.6 is 0 Å². The summed E-state index contributed by atoms with van der Waals surface area (Å²) < 4.78 is 6.06. The van der Waals surface area contributed by atoms with E-state index in [1.54, 1.807) is 0 Å². The first-order chi connectivity index (χ1) is 16.8. The number of hydrogen-bond donors (Lipinski definition) is 5. The lowest BCUT2D eigenvalue weighted by Gasteiger charge is -2.64. The van der Waals surface area contributed by atoms with Crippen LogP contribution in [0.15, 0.2) is 0 Å². The lowest BCUT2D eigenvalue weighted by molar-refractivity contribution is -0.251. The number of ketones is 1. The molecule has 206 valence electrons. The van der Waals surface area contributed by atoms with Gasteiger partial charge in [0.2, 0.25) is 0 Å². The maximum Gasteiger partial charge on any atom is 0.155 e. The molecule has 1 heterocycles. The highest BCUT2D eigenvalue weighted by atomic mass is 16.6. The Bertz CT molecular complexity index is 847. The summed E-state index contributed by atoms with van der Waals surface area (Å²) in [6.45, 7) is 10.8. The van der Waals surface area contributed by atoms with Gasteiger partial charge in [0.15, 0.2) is 6.29 Å². The molecule has 15 atom stereocenters. The van der Waals surface area contributed by atoms with Crippen LogP contribution in [0.1, 0.15) is 79.6 Å². The van der Waals surface area contributed by atoms with Crippen molar-refractivity contribution in [2.75, 3.05) is 0 Å². The molecule has 5 rings (SSSR count). The van der Waals surface area contributed by atoms with Crippen LogP contribution in [0.25, 0.3) is 0 Å². The van der Waals surface area contributed by atoms with Crippen LogP contribution in [-0.2, 0) is 9.53 Å². The second kappa shape index (κ2) is 9.27. The third-order valence-corrected chi connectivity index (χ3v) is 12.2. The third-order valence-electron chi connectivity index (χ3n) is 12.2. The topological polar surface area (TPSA) is 127 Å². The molecule has 0 spiro atoms. The summed E-state index contributed by atoms with van der Waals surface area (Å²) in [6, 6.07) is 0. The van der Waals surface area contributed by atoms with Crippen LogP contribution in [0.4, 0.5) is 0 Å². The number of Topliss-reactive ketones (excluding diaryl/α,β-unsaturated/α-hetero) is 1. The monoisotopic (exact) mass is 508 g/mol. The fourth-order valence-corrected chi connectivity index (χ4v) is 10.1. The fraction of sp³-hybridized carbons (Fsp3) is 0.966. The van der Waals surface area contributed by atoms with Gasteiger partial charge in [0.05, 0.1) is 30.5 Å². The summed E-state index contributed by atoms with van der Waals surface area (Å²) >= 11 is 0. The highest BCUT2D eigenvalue weighted by Gasteiger charge is 2.69. The van der Waals surface area contributed by atoms with Crippen molar-refractivity contribution in [3.63, 3.8) is 0 Å². The number of rotatable bonds is 3.